The molecule has 0 aliphatic carbocycles. The summed E-state index contributed by atoms with van der Waals surface area (Å²) < 4.78 is 1.56. The Morgan fingerprint density at radius 2 is 2.19 bits per heavy atom. The summed E-state index contributed by atoms with van der Waals surface area (Å²) in [6.07, 6.45) is 6.55. The molecule has 0 bridgehead atoms. The summed E-state index contributed by atoms with van der Waals surface area (Å²) in [4.78, 5) is 8.33. The first-order valence-corrected chi connectivity index (χ1v) is 6.67. The SMILES string of the molecule is CC(Nc1cc(-n2cnnn2)ccc1Cl)c1cnccn1. The third-order valence-corrected chi connectivity index (χ3v) is 3.29. The summed E-state index contributed by atoms with van der Waals surface area (Å²) in [6.45, 7) is 1.99. The summed E-state index contributed by atoms with van der Waals surface area (Å²) in [6, 6.07) is 5.49. The molecular formula is C13H12ClN7. The Bertz CT molecular complexity index is 715. The summed E-state index contributed by atoms with van der Waals surface area (Å²) in [5.41, 5.74) is 2.43. The lowest BCUT2D eigenvalue weighted by Crippen LogP contribution is -2.09. The van der Waals surface area contributed by atoms with E-state index >= 15 is 0 Å². The van der Waals surface area contributed by atoms with Crippen LogP contribution >= 0.6 is 11.6 Å². The van der Waals surface area contributed by atoms with Crippen LogP contribution < -0.4 is 5.32 Å². The Morgan fingerprint density at radius 3 is 2.90 bits per heavy atom. The Labute approximate surface area is 126 Å². The van der Waals surface area contributed by atoms with E-state index in [1.165, 1.54) is 6.33 Å². The number of rotatable bonds is 4. The molecule has 106 valence electrons. The van der Waals surface area contributed by atoms with Crippen LogP contribution in [0.3, 0.4) is 0 Å². The van der Waals surface area contributed by atoms with Crippen LogP contribution in [0.1, 0.15) is 18.7 Å². The molecule has 3 rings (SSSR count). The molecule has 0 saturated heterocycles. The Hall–Kier alpha value is -2.54. The first kappa shape index (κ1) is 13.4. The number of halogens is 1. The molecule has 0 fully saturated rings. The molecule has 0 aliphatic heterocycles. The quantitative estimate of drug-likeness (QED) is 0.796. The zero-order valence-corrected chi connectivity index (χ0v) is 11.9. The molecule has 1 unspecified atom stereocenters. The van der Waals surface area contributed by atoms with Crippen molar-refractivity contribution in [2.24, 2.45) is 0 Å². The van der Waals surface area contributed by atoms with Gasteiger partial charge >= 0.3 is 0 Å². The van der Waals surface area contributed by atoms with Gasteiger partial charge in [0.1, 0.15) is 6.33 Å². The maximum Gasteiger partial charge on any atom is 0.143 e. The van der Waals surface area contributed by atoms with Crippen molar-refractivity contribution in [1.82, 2.24) is 30.2 Å². The maximum absolute atomic E-state index is 6.23. The van der Waals surface area contributed by atoms with Crippen molar-refractivity contribution in [1.29, 1.82) is 0 Å². The highest BCUT2D eigenvalue weighted by molar-refractivity contribution is 6.33. The average molecular weight is 302 g/mol. The minimum atomic E-state index is -0.0275. The summed E-state index contributed by atoms with van der Waals surface area (Å²) in [5.74, 6) is 0. The van der Waals surface area contributed by atoms with E-state index in [9.17, 15) is 0 Å². The minimum absolute atomic E-state index is 0.0275. The monoisotopic (exact) mass is 301 g/mol. The molecular weight excluding hydrogens is 290 g/mol. The van der Waals surface area contributed by atoms with Crippen LogP contribution in [0.4, 0.5) is 5.69 Å². The van der Waals surface area contributed by atoms with Gasteiger partial charge < -0.3 is 5.32 Å². The number of benzene rings is 1. The molecule has 0 spiro atoms. The van der Waals surface area contributed by atoms with Gasteiger partial charge in [-0.15, -0.1) is 5.10 Å². The van der Waals surface area contributed by atoms with Crippen LogP contribution in [-0.4, -0.2) is 30.2 Å². The van der Waals surface area contributed by atoms with E-state index in [1.807, 2.05) is 19.1 Å². The van der Waals surface area contributed by atoms with Crippen LogP contribution in [0.25, 0.3) is 5.69 Å². The number of nitrogens with one attached hydrogen (secondary N) is 1. The van der Waals surface area contributed by atoms with Gasteiger partial charge in [-0.2, -0.15) is 0 Å². The van der Waals surface area contributed by atoms with E-state index in [-0.39, 0.29) is 6.04 Å². The molecule has 3 aromatic rings. The summed E-state index contributed by atoms with van der Waals surface area (Å²) >= 11 is 6.23. The lowest BCUT2D eigenvalue weighted by atomic mass is 10.2. The summed E-state index contributed by atoms with van der Waals surface area (Å²) in [7, 11) is 0. The number of hydrogen-bond acceptors (Lipinski definition) is 6. The van der Waals surface area contributed by atoms with Gasteiger partial charge in [-0.05, 0) is 35.5 Å². The van der Waals surface area contributed by atoms with Crippen molar-refractivity contribution < 1.29 is 0 Å². The largest absolute Gasteiger partial charge is 0.376 e. The molecule has 1 aromatic carbocycles. The smallest absolute Gasteiger partial charge is 0.143 e. The molecule has 0 aliphatic rings. The second-order valence-electron chi connectivity index (χ2n) is 4.41. The first-order chi connectivity index (χ1) is 10.2. The van der Waals surface area contributed by atoms with Crippen LogP contribution in [0.15, 0.2) is 43.1 Å². The zero-order chi connectivity index (χ0) is 14.7. The Kier molecular flexibility index (Phi) is 3.74. The average Bonchev–Trinajstić information content (AvgIpc) is 3.04. The van der Waals surface area contributed by atoms with Crippen molar-refractivity contribution in [3.8, 4) is 5.69 Å². The first-order valence-electron chi connectivity index (χ1n) is 6.29. The number of nitrogens with zero attached hydrogens (tertiary/aromatic N) is 6. The van der Waals surface area contributed by atoms with Crippen molar-refractivity contribution in [2.45, 2.75) is 13.0 Å². The van der Waals surface area contributed by atoms with Gasteiger partial charge in [0.25, 0.3) is 0 Å². The van der Waals surface area contributed by atoms with Gasteiger partial charge in [-0.25, -0.2) is 4.68 Å². The normalized spacial score (nSPS) is 12.1. The topological polar surface area (TPSA) is 81.4 Å². The van der Waals surface area contributed by atoms with Gasteiger partial charge in [-0.1, -0.05) is 11.6 Å². The molecule has 2 aromatic heterocycles. The van der Waals surface area contributed by atoms with E-state index in [2.05, 4.69) is 30.8 Å². The number of aromatic nitrogens is 6. The highest BCUT2D eigenvalue weighted by Crippen LogP contribution is 2.27. The molecule has 21 heavy (non-hydrogen) atoms. The number of hydrogen-bond donors (Lipinski definition) is 1. The van der Waals surface area contributed by atoms with Crippen molar-refractivity contribution >= 4 is 17.3 Å². The Balaban J connectivity index is 1.86. The molecule has 1 N–H and O–H groups in total. The Morgan fingerprint density at radius 1 is 1.29 bits per heavy atom. The molecule has 0 radical (unpaired) electrons. The number of tetrazole rings is 1. The predicted molar refractivity (Wildman–Crippen MR) is 78.2 cm³/mol. The van der Waals surface area contributed by atoms with E-state index < -0.39 is 0 Å². The predicted octanol–water partition coefficient (Wildman–Crippen LogP) is 2.28. The molecule has 8 heteroatoms. The van der Waals surface area contributed by atoms with Crippen molar-refractivity contribution in [3.05, 3.63) is 53.8 Å². The third-order valence-electron chi connectivity index (χ3n) is 2.96. The lowest BCUT2D eigenvalue weighted by molar-refractivity contribution is 0.787. The molecule has 1 atom stereocenters. The van der Waals surface area contributed by atoms with Gasteiger partial charge in [-0.3, -0.25) is 9.97 Å². The number of anilines is 1. The standard InChI is InChI=1S/C13H12ClN7/c1-9(13-7-15-4-5-16-13)18-12-6-10(2-3-11(12)14)21-8-17-19-20-21/h2-9,18H,1H3. The van der Waals surface area contributed by atoms with Crippen LogP contribution in [0.2, 0.25) is 5.02 Å². The molecule has 7 nitrogen and oxygen atoms in total. The highest BCUT2D eigenvalue weighted by Gasteiger charge is 2.10. The second kappa shape index (κ2) is 5.84. The van der Waals surface area contributed by atoms with E-state index in [0.717, 1.165) is 17.1 Å². The van der Waals surface area contributed by atoms with Crippen LogP contribution in [-0.2, 0) is 0 Å². The van der Waals surface area contributed by atoms with Crippen molar-refractivity contribution in [2.75, 3.05) is 5.32 Å². The molecule has 2 heterocycles. The van der Waals surface area contributed by atoms with Gasteiger partial charge in [0.2, 0.25) is 0 Å². The van der Waals surface area contributed by atoms with Crippen molar-refractivity contribution in [3.63, 3.8) is 0 Å². The lowest BCUT2D eigenvalue weighted by Gasteiger charge is -2.16. The fourth-order valence-electron chi connectivity index (χ4n) is 1.89. The third kappa shape index (κ3) is 2.97. The molecule has 0 amide bonds. The van der Waals surface area contributed by atoms with E-state index in [4.69, 9.17) is 11.6 Å². The second-order valence-corrected chi connectivity index (χ2v) is 4.82. The fraction of sp³-hybridized carbons (Fsp3) is 0.154. The highest BCUT2D eigenvalue weighted by atomic mass is 35.5. The maximum atomic E-state index is 6.23. The van der Waals surface area contributed by atoms with Gasteiger partial charge in [0.05, 0.1) is 34.3 Å². The van der Waals surface area contributed by atoms with Gasteiger partial charge in [0.15, 0.2) is 0 Å². The molecule has 0 saturated carbocycles. The van der Waals surface area contributed by atoms with Gasteiger partial charge in [0, 0.05) is 12.4 Å². The van der Waals surface area contributed by atoms with E-state index in [1.54, 1.807) is 29.3 Å². The summed E-state index contributed by atoms with van der Waals surface area (Å²) in [5, 5.41) is 15.0. The minimum Gasteiger partial charge on any atom is -0.376 e. The van der Waals surface area contributed by atoms with Crippen LogP contribution in [0, 0.1) is 0 Å². The van der Waals surface area contributed by atoms with E-state index in [0.29, 0.717) is 5.02 Å². The van der Waals surface area contributed by atoms with Crippen LogP contribution in [0.5, 0.6) is 0 Å². The zero-order valence-electron chi connectivity index (χ0n) is 11.2. The fourth-order valence-corrected chi connectivity index (χ4v) is 2.06.